The number of rotatable bonds is 5. The first-order valence-corrected chi connectivity index (χ1v) is 8.98. The Morgan fingerprint density at radius 2 is 1.71 bits per heavy atom. The van der Waals surface area contributed by atoms with E-state index in [0.29, 0.717) is 16.4 Å². The van der Waals surface area contributed by atoms with E-state index < -0.39 is 5.91 Å². The third-order valence-corrected chi connectivity index (χ3v) is 5.56. The molecule has 2 aromatic carbocycles. The summed E-state index contributed by atoms with van der Waals surface area (Å²) in [6, 6.07) is 14.3. The van der Waals surface area contributed by atoms with Gasteiger partial charge in [0.25, 0.3) is 5.91 Å². The van der Waals surface area contributed by atoms with Crippen LogP contribution < -0.4 is 11.1 Å². The van der Waals surface area contributed by atoms with Crippen LogP contribution in [0.4, 0.5) is 5.69 Å². The maximum absolute atomic E-state index is 12.5. The van der Waals surface area contributed by atoms with Crippen LogP contribution in [-0.2, 0) is 0 Å². The Kier molecular flexibility index (Phi) is 5.20. The number of nitrogens with two attached hydrogens (primary N) is 1. The van der Waals surface area contributed by atoms with Crippen molar-refractivity contribution in [2.45, 2.75) is 35.8 Å². The summed E-state index contributed by atoms with van der Waals surface area (Å²) in [6.07, 6.45) is 5.03. The monoisotopic (exact) mass is 340 g/mol. The van der Waals surface area contributed by atoms with Crippen molar-refractivity contribution in [3.63, 3.8) is 0 Å². The number of carbonyl (C=O) groups is 2. The molecule has 0 bridgehead atoms. The zero-order valence-corrected chi connectivity index (χ0v) is 14.1. The Hall–Kier alpha value is -2.27. The van der Waals surface area contributed by atoms with Gasteiger partial charge in [-0.15, -0.1) is 11.8 Å². The van der Waals surface area contributed by atoms with Gasteiger partial charge in [0, 0.05) is 21.3 Å². The SMILES string of the molecule is NC(=O)c1cccc(C(=O)Nc2ccccc2SC2CCCC2)c1. The third-order valence-electron chi connectivity index (χ3n) is 4.14. The Bertz CT molecular complexity index is 755. The summed E-state index contributed by atoms with van der Waals surface area (Å²) in [6.45, 7) is 0. The third kappa shape index (κ3) is 3.97. The topological polar surface area (TPSA) is 72.2 Å². The highest BCUT2D eigenvalue weighted by molar-refractivity contribution is 8.00. The average molecular weight is 340 g/mol. The van der Waals surface area contributed by atoms with Crippen LogP contribution in [0, 0.1) is 0 Å². The molecule has 5 heteroatoms. The van der Waals surface area contributed by atoms with E-state index in [4.69, 9.17) is 5.73 Å². The highest BCUT2D eigenvalue weighted by Gasteiger charge is 2.18. The van der Waals surface area contributed by atoms with Gasteiger partial charge < -0.3 is 11.1 Å². The maximum Gasteiger partial charge on any atom is 0.255 e. The molecule has 24 heavy (non-hydrogen) atoms. The largest absolute Gasteiger partial charge is 0.366 e. The Balaban J connectivity index is 1.76. The van der Waals surface area contributed by atoms with Crippen molar-refractivity contribution in [2.75, 3.05) is 5.32 Å². The zero-order valence-electron chi connectivity index (χ0n) is 13.3. The first-order chi connectivity index (χ1) is 11.6. The van der Waals surface area contributed by atoms with Gasteiger partial charge in [0.05, 0.1) is 5.69 Å². The summed E-state index contributed by atoms with van der Waals surface area (Å²) in [4.78, 5) is 24.9. The molecule has 1 aliphatic rings. The van der Waals surface area contributed by atoms with Gasteiger partial charge in [0.1, 0.15) is 0 Å². The fraction of sp³-hybridized carbons (Fsp3) is 0.263. The maximum atomic E-state index is 12.5. The summed E-state index contributed by atoms with van der Waals surface area (Å²) in [5.41, 5.74) is 6.84. The molecule has 0 aromatic heterocycles. The number of benzene rings is 2. The van der Waals surface area contributed by atoms with Gasteiger partial charge in [0.2, 0.25) is 5.91 Å². The number of amides is 2. The molecule has 0 radical (unpaired) electrons. The molecule has 0 heterocycles. The number of primary amides is 1. The lowest BCUT2D eigenvalue weighted by Gasteiger charge is -2.14. The minimum atomic E-state index is -0.540. The van der Waals surface area contributed by atoms with Crippen LogP contribution in [0.15, 0.2) is 53.4 Å². The van der Waals surface area contributed by atoms with Gasteiger partial charge in [0.15, 0.2) is 0 Å². The first kappa shape index (κ1) is 16.6. The predicted octanol–water partition coefficient (Wildman–Crippen LogP) is 4.07. The van der Waals surface area contributed by atoms with E-state index in [2.05, 4.69) is 5.32 Å². The molecular formula is C19H20N2O2S. The second-order valence-electron chi connectivity index (χ2n) is 5.92. The molecule has 2 amide bonds. The lowest BCUT2D eigenvalue weighted by Crippen LogP contribution is -2.15. The number of hydrogen-bond acceptors (Lipinski definition) is 3. The molecule has 2 aromatic rings. The molecule has 4 nitrogen and oxygen atoms in total. The van der Waals surface area contributed by atoms with Crippen molar-refractivity contribution < 1.29 is 9.59 Å². The van der Waals surface area contributed by atoms with Crippen molar-refractivity contribution in [1.82, 2.24) is 0 Å². The molecule has 3 rings (SSSR count). The fourth-order valence-corrected chi connectivity index (χ4v) is 4.20. The molecule has 0 atom stereocenters. The van der Waals surface area contributed by atoms with Crippen LogP contribution in [0.5, 0.6) is 0 Å². The fourth-order valence-electron chi connectivity index (χ4n) is 2.87. The van der Waals surface area contributed by atoms with Crippen LogP contribution >= 0.6 is 11.8 Å². The van der Waals surface area contributed by atoms with Gasteiger partial charge in [-0.05, 0) is 43.2 Å². The van der Waals surface area contributed by atoms with Gasteiger partial charge in [-0.3, -0.25) is 9.59 Å². The minimum absolute atomic E-state index is 0.238. The number of para-hydroxylation sites is 1. The molecule has 3 N–H and O–H groups in total. The molecule has 1 saturated carbocycles. The number of hydrogen-bond donors (Lipinski definition) is 2. The van der Waals surface area contributed by atoms with Gasteiger partial charge in [-0.1, -0.05) is 31.0 Å². The second-order valence-corrected chi connectivity index (χ2v) is 7.26. The van der Waals surface area contributed by atoms with E-state index in [9.17, 15) is 9.59 Å². The molecule has 0 unspecified atom stereocenters. The smallest absolute Gasteiger partial charge is 0.255 e. The van der Waals surface area contributed by atoms with E-state index in [1.807, 2.05) is 36.0 Å². The van der Waals surface area contributed by atoms with E-state index >= 15 is 0 Å². The van der Waals surface area contributed by atoms with Crippen molar-refractivity contribution in [2.24, 2.45) is 5.73 Å². The molecule has 0 saturated heterocycles. The molecule has 124 valence electrons. The number of anilines is 1. The summed E-state index contributed by atoms with van der Waals surface area (Å²) in [5, 5.41) is 3.58. The molecule has 0 spiro atoms. The molecular weight excluding hydrogens is 320 g/mol. The lowest BCUT2D eigenvalue weighted by molar-refractivity contribution is 0.1000. The first-order valence-electron chi connectivity index (χ1n) is 8.10. The van der Waals surface area contributed by atoms with Crippen LogP contribution in [0.3, 0.4) is 0 Å². The van der Waals surface area contributed by atoms with E-state index in [1.165, 1.54) is 31.7 Å². The summed E-state index contributed by atoms with van der Waals surface area (Å²) < 4.78 is 0. The number of thioether (sulfide) groups is 1. The summed E-state index contributed by atoms with van der Waals surface area (Å²) in [5.74, 6) is -0.778. The molecule has 0 aliphatic heterocycles. The van der Waals surface area contributed by atoms with Crippen LogP contribution in [0.1, 0.15) is 46.4 Å². The van der Waals surface area contributed by atoms with Crippen LogP contribution in [0.2, 0.25) is 0 Å². The average Bonchev–Trinajstić information content (AvgIpc) is 3.10. The zero-order chi connectivity index (χ0) is 16.9. The van der Waals surface area contributed by atoms with E-state index in [1.54, 1.807) is 18.2 Å². The van der Waals surface area contributed by atoms with Gasteiger partial charge in [-0.25, -0.2) is 0 Å². The van der Waals surface area contributed by atoms with Crippen LogP contribution in [0.25, 0.3) is 0 Å². The van der Waals surface area contributed by atoms with Gasteiger partial charge in [-0.2, -0.15) is 0 Å². The number of nitrogens with one attached hydrogen (secondary N) is 1. The van der Waals surface area contributed by atoms with Crippen molar-refractivity contribution in [1.29, 1.82) is 0 Å². The Morgan fingerprint density at radius 1 is 1.00 bits per heavy atom. The Morgan fingerprint density at radius 3 is 2.46 bits per heavy atom. The van der Waals surface area contributed by atoms with E-state index in [0.717, 1.165) is 10.6 Å². The Labute approximate surface area is 145 Å². The highest BCUT2D eigenvalue weighted by atomic mass is 32.2. The van der Waals surface area contributed by atoms with Crippen LogP contribution in [-0.4, -0.2) is 17.1 Å². The highest BCUT2D eigenvalue weighted by Crippen LogP contribution is 2.38. The van der Waals surface area contributed by atoms with Crippen molar-refractivity contribution >= 4 is 29.3 Å². The number of carbonyl (C=O) groups excluding carboxylic acids is 2. The standard InChI is InChI=1S/C19H20N2O2S/c20-18(22)13-6-5-7-14(12-13)19(23)21-16-10-3-4-11-17(16)24-15-8-1-2-9-15/h3-7,10-12,15H,1-2,8-9H2,(H2,20,22)(H,21,23). The molecule has 1 fully saturated rings. The summed E-state index contributed by atoms with van der Waals surface area (Å²) in [7, 11) is 0. The van der Waals surface area contributed by atoms with Crippen molar-refractivity contribution in [3.05, 3.63) is 59.7 Å². The van der Waals surface area contributed by atoms with Gasteiger partial charge >= 0.3 is 0 Å². The minimum Gasteiger partial charge on any atom is -0.366 e. The second kappa shape index (κ2) is 7.53. The normalized spacial score (nSPS) is 14.5. The van der Waals surface area contributed by atoms with Crippen molar-refractivity contribution in [3.8, 4) is 0 Å². The van der Waals surface area contributed by atoms with E-state index in [-0.39, 0.29) is 5.91 Å². The predicted molar refractivity (Wildman–Crippen MR) is 97.5 cm³/mol. The lowest BCUT2D eigenvalue weighted by atomic mass is 10.1. The molecule has 1 aliphatic carbocycles. The quantitative estimate of drug-likeness (QED) is 0.861. The summed E-state index contributed by atoms with van der Waals surface area (Å²) >= 11 is 1.83.